The highest BCUT2D eigenvalue weighted by Gasteiger charge is 2.04. The van der Waals surface area contributed by atoms with Crippen LogP contribution < -0.4 is 10.6 Å². The molecule has 0 aromatic carbocycles. The van der Waals surface area contributed by atoms with Crippen molar-refractivity contribution in [1.29, 1.82) is 0 Å². The molecule has 0 aliphatic heterocycles. The summed E-state index contributed by atoms with van der Waals surface area (Å²) in [5.41, 5.74) is 0. The van der Waals surface area contributed by atoms with Crippen LogP contribution in [-0.2, 0) is 9.53 Å². The summed E-state index contributed by atoms with van der Waals surface area (Å²) in [7, 11) is 3.47. The van der Waals surface area contributed by atoms with Gasteiger partial charge in [-0.2, -0.15) is 11.8 Å². The molecule has 0 rings (SSSR count). The molecule has 0 aromatic heterocycles. The highest BCUT2D eigenvalue weighted by atomic mass is 127. The van der Waals surface area contributed by atoms with E-state index in [-0.39, 0.29) is 42.5 Å². The number of aliphatic imine (C=N–C) groups is 1. The van der Waals surface area contributed by atoms with E-state index in [2.05, 4.69) is 21.9 Å². The lowest BCUT2D eigenvalue weighted by atomic mass is 10.3. The van der Waals surface area contributed by atoms with E-state index in [0.29, 0.717) is 5.96 Å². The molecule has 0 fully saturated rings. The number of unbranched alkanes of at least 4 members (excludes halogenated alkanes) is 1. The molecule has 0 saturated heterocycles. The van der Waals surface area contributed by atoms with E-state index in [1.165, 1.54) is 0 Å². The quantitative estimate of drug-likeness (QED) is 0.213. The average molecular weight is 460 g/mol. The zero-order valence-corrected chi connectivity index (χ0v) is 18.2. The number of hydrogen-bond acceptors (Lipinski definition) is 4. The second kappa shape index (κ2) is 16.6. The molecule has 0 atom stereocenters. The van der Waals surface area contributed by atoms with E-state index >= 15 is 0 Å². The summed E-state index contributed by atoms with van der Waals surface area (Å²) in [5, 5.41) is 6.50. The number of hydrogen-bond donors (Lipinski definition) is 2. The van der Waals surface area contributed by atoms with Crippen molar-refractivity contribution in [3.63, 3.8) is 0 Å². The summed E-state index contributed by atoms with van der Waals surface area (Å²) in [5.74, 6) is 1.70. The molecule has 0 aliphatic carbocycles. The van der Waals surface area contributed by atoms with Crippen LogP contribution in [0.3, 0.4) is 0 Å². The molecule has 0 spiro atoms. The third-order valence-corrected chi connectivity index (χ3v) is 3.40. The van der Waals surface area contributed by atoms with Gasteiger partial charge >= 0.3 is 0 Å². The van der Waals surface area contributed by atoms with E-state index in [4.69, 9.17) is 4.74 Å². The molecule has 0 bridgehead atoms. The molecule has 23 heavy (non-hydrogen) atoms. The lowest BCUT2D eigenvalue weighted by Gasteiger charge is -2.13. The Balaban J connectivity index is 0. The van der Waals surface area contributed by atoms with Crippen LogP contribution in [0.2, 0.25) is 0 Å². The van der Waals surface area contributed by atoms with Crippen molar-refractivity contribution in [3.05, 3.63) is 0 Å². The summed E-state index contributed by atoms with van der Waals surface area (Å²) in [6.07, 6.45) is 4.38. The first-order chi connectivity index (χ1) is 10.5. The van der Waals surface area contributed by atoms with Gasteiger partial charge in [0.15, 0.2) is 5.96 Å². The number of carbonyl (C=O) groups is 1. The van der Waals surface area contributed by atoms with Gasteiger partial charge in [-0.3, -0.25) is 4.79 Å². The van der Waals surface area contributed by atoms with Gasteiger partial charge < -0.3 is 20.3 Å². The van der Waals surface area contributed by atoms with Gasteiger partial charge in [0.2, 0.25) is 5.91 Å². The number of thioether (sulfide) groups is 1. The number of amides is 1. The lowest BCUT2D eigenvalue weighted by molar-refractivity contribution is -0.127. The largest absolute Gasteiger partial charge is 0.379 e. The van der Waals surface area contributed by atoms with Gasteiger partial charge in [0.1, 0.15) is 6.54 Å². The topological polar surface area (TPSA) is 66.0 Å². The van der Waals surface area contributed by atoms with Gasteiger partial charge in [0.25, 0.3) is 0 Å². The Hall–Kier alpha value is -0.220. The van der Waals surface area contributed by atoms with Gasteiger partial charge in [-0.05, 0) is 32.9 Å². The molecule has 0 saturated carbocycles. The SMILES string of the molecule is CSCCNC(=NCC(=O)N(C)C)NCCCCOC(C)C.I. The van der Waals surface area contributed by atoms with Crippen molar-refractivity contribution in [3.8, 4) is 0 Å². The Morgan fingerprint density at radius 3 is 2.43 bits per heavy atom. The molecule has 0 radical (unpaired) electrons. The second-order valence-corrected chi connectivity index (χ2v) is 6.41. The first-order valence-corrected chi connectivity index (χ1v) is 9.19. The third kappa shape index (κ3) is 16.4. The monoisotopic (exact) mass is 460 g/mol. The van der Waals surface area contributed by atoms with E-state index in [9.17, 15) is 4.79 Å². The number of halogens is 1. The summed E-state index contributed by atoms with van der Waals surface area (Å²) in [4.78, 5) is 17.5. The Morgan fingerprint density at radius 2 is 1.87 bits per heavy atom. The molecule has 0 heterocycles. The van der Waals surface area contributed by atoms with Crippen LogP contribution in [0.5, 0.6) is 0 Å². The summed E-state index contributed by atoms with van der Waals surface area (Å²) in [6.45, 7) is 6.69. The van der Waals surface area contributed by atoms with E-state index in [0.717, 1.165) is 38.3 Å². The van der Waals surface area contributed by atoms with E-state index in [1.807, 2.05) is 13.8 Å². The minimum Gasteiger partial charge on any atom is -0.379 e. The maximum absolute atomic E-state index is 11.6. The minimum absolute atomic E-state index is 0. The standard InChI is InChI=1S/C15H32N4O2S.HI/c1-13(2)21-10-7-6-8-16-15(17-9-11-22-5)18-12-14(20)19(3)4;/h13H,6-12H2,1-5H3,(H2,16,17,18);1H. The fraction of sp³-hybridized carbons (Fsp3) is 0.867. The maximum Gasteiger partial charge on any atom is 0.243 e. The van der Waals surface area contributed by atoms with Crippen LogP contribution >= 0.6 is 35.7 Å². The average Bonchev–Trinajstić information content (AvgIpc) is 2.46. The summed E-state index contributed by atoms with van der Waals surface area (Å²) < 4.78 is 5.51. The fourth-order valence-electron chi connectivity index (χ4n) is 1.49. The summed E-state index contributed by atoms with van der Waals surface area (Å²) >= 11 is 1.77. The molecule has 0 aliphatic rings. The number of carbonyl (C=O) groups excluding carboxylic acids is 1. The molecule has 0 aromatic rings. The van der Waals surface area contributed by atoms with Crippen molar-refractivity contribution in [2.45, 2.75) is 32.8 Å². The predicted molar refractivity (Wildman–Crippen MR) is 111 cm³/mol. The number of likely N-dealkylation sites (N-methyl/N-ethyl adjacent to an activating group) is 1. The van der Waals surface area contributed by atoms with Gasteiger partial charge in [0.05, 0.1) is 6.10 Å². The number of ether oxygens (including phenoxy) is 1. The zero-order chi connectivity index (χ0) is 16.8. The third-order valence-electron chi connectivity index (χ3n) is 2.78. The number of guanidine groups is 1. The molecule has 2 N–H and O–H groups in total. The fourth-order valence-corrected chi connectivity index (χ4v) is 1.79. The molecule has 6 nitrogen and oxygen atoms in total. The molecule has 1 amide bonds. The Morgan fingerprint density at radius 1 is 1.22 bits per heavy atom. The van der Waals surface area contributed by atoms with Gasteiger partial charge in [0, 0.05) is 39.5 Å². The second-order valence-electron chi connectivity index (χ2n) is 5.43. The highest BCUT2D eigenvalue weighted by molar-refractivity contribution is 14.0. The Labute approximate surface area is 162 Å². The van der Waals surface area contributed by atoms with Gasteiger partial charge in [-0.15, -0.1) is 24.0 Å². The van der Waals surface area contributed by atoms with Crippen LogP contribution in [0.1, 0.15) is 26.7 Å². The van der Waals surface area contributed by atoms with Crippen LogP contribution in [0.15, 0.2) is 4.99 Å². The van der Waals surface area contributed by atoms with Crippen LogP contribution in [0, 0.1) is 0 Å². The smallest absolute Gasteiger partial charge is 0.243 e. The molecule has 8 heteroatoms. The van der Waals surface area contributed by atoms with Crippen LogP contribution in [-0.4, -0.2) is 75.2 Å². The lowest BCUT2D eigenvalue weighted by Crippen LogP contribution is -2.40. The van der Waals surface area contributed by atoms with E-state index < -0.39 is 0 Å². The normalized spacial score (nSPS) is 11.1. The van der Waals surface area contributed by atoms with Crippen molar-refractivity contribution in [2.75, 3.05) is 52.3 Å². The number of nitrogens with one attached hydrogen (secondary N) is 2. The maximum atomic E-state index is 11.6. The zero-order valence-electron chi connectivity index (χ0n) is 15.1. The molecular formula is C15H33IN4O2S. The van der Waals surface area contributed by atoms with Gasteiger partial charge in [-0.1, -0.05) is 0 Å². The van der Waals surface area contributed by atoms with Crippen LogP contribution in [0.25, 0.3) is 0 Å². The van der Waals surface area contributed by atoms with Crippen molar-refractivity contribution < 1.29 is 9.53 Å². The Bertz CT molecular complexity index is 329. The predicted octanol–water partition coefficient (Wildman–Crippen LogP) is 1.80. The van der Waals surface area contributed by atoms with Gasteiger partial charge in [-0.25, -0.2) is 4.99 Å². The Kier molecular flexibility index (Phi) is 18.1. The number of rotatable bonds is 11. The summed E-state index contributed by atoms with van der Waals surface area (Å²) in [6, 6.07) is 0. The minimum atomic E-state index is -0.00343. The molecule has 0 unspecified atom stereocenters. The van der Waals surface area contributed by atoms with E-state index in [1.54, 1.807) is 30.8 Å². The molecule has 138 valence electrons. The highest BCUT2D eigenvalue weighted by Crippen LogP contribution is 1.93. The first kappa shape index (κ1) is 25.0. The first-order valence-electron chi connectivity index (χ1n) is 7.80. The molecular weight excluding hydrogens is 427 g/mol. The van der Waals surface area contributed by atoms with Crippen molar-refractivity contribution in [1.82, 2.24) is 15.5 Å². The van der Waals surface area contributed by atoms with Crippen molar-refractivity contribution in [2.24, 2.45) is 4.99 Å². The van der Waals surface area contributed by atoms with Crippen molar-refractivity contribution >= 4 is 47.6 Å². The number of nitrogens with zero attached hydrogens (tertiary/aromatic N) is 2. The van der Waals surface area contributed by atoms with Crippen LogP contribution in [0.4, 0.5) is 0 Å².